The van der Waals surface area contributed by atoms with Crippen LogP contribution in [0.1, 0.15) is 6.04 Å². The molecule has 18 heavy (non-hydrogen) atoms. The maximum Gasteiger partial charge on any atom is 0.166 e. The second-order valence-corrected chi connectivity index (χ2v) is 4.18. The van der Waals surface area contributed by atoms with Gasteiger partial charge in [0.25, 0.3) is 0 Å². The van der Waals surface area contributed by atoms with Gasteiger partial charge in [-0.05, 0) is 5.57 Å². The number of aliphatic hydroxyl groups is 1. The van der Waals surface area contributed by atoms with Gasteiger partial charge in [0.05, 0.1) is 25.6 Å². The first-order valence-corrected chi connectivity index (χ1v) is 5.56. The number of fused-ring (bicyclic) bond motifs is 1. The number of hydrogen-bond donors (Lipinski definition) is 2. The molecule has 2 atom stereocenters. The summed E-state index contributed by atoms with van der Waals surface area (Å²) in [7, 11) is 0. The zero-order chi connectivity index (χ0) is 12.7. The topological polar surface area (TPSA) is 99.1 Å². The number of aliphatic hydroxyl groups excluding tert-OH is 1. The molecule has 2 aromatic heterocycles. The summed E-state index contributed by atoms with van der Waals surface area (Å²) in [6, 6.07) is -0.0820. The number of nitrogen functional groups attached to an aromatic ring is 1. The van der Waals surface area contributed by atoms with Crippen LogP contribution in [0.3, 0.4) is 0 Å². The molecule has 3 rings (SSSR count). The summed E-state index contributed by atoms with van der Waals surface area (Å²) in [5.41, 5.74) is 7.77. The Morgan fingerprint density at radius 2 is 2.33 bits per heavy atom. The summed E-state index contributed by atoms with van der Waals surface area (Å²) in [5.74, 6) is 0.349. The van der Waals surface area contributed by atoms with E-state index in [1.54, 1.807) is 6.33 Å². The molecule has 1 fully saturated rings. The molecule has 94 valence electrons. The highest BCUT2D eigenvalue weighted by molar-refractivity contribution is 5.81. The maximum absolute atomic E-state index is 9.15. The number of nitrogens with zero attached hydrogens (tertiary/aromatic N) is 4. The van der Waals surface area contributed by atoms with Crippen molar-refractivity contribution in [2.75, 3.05) is 18.9 Å². The zero-order valence-electron chi connectivity index (χ0n) is 9.65. The van der Waals surface area contributed by atoms with E-state index < -0.39 is 0 Å². The molecule has 7 nitrogen and oxygen atoms in total. The predicted molar refractivity (Wildman–Crippen MR) is 64.7 cm³/mol. The van der Waals surface area contributed by atoms with Crippen LogP contribution in [0.2, 0.25) is 0 Å². The van der Waals surface area contributed by atoms with Crippen molar-refractivity contribution in [2.24, 2.45) is 0 Å². The maximum atomic E-state index is 9.15. The molecule has 0 unspecified atom stereocenters. The van der Waals surface area contributed by atoms with Crippen LogP contribution >= 0.6 is 0 Å². The molecule has 0 bridgehead atoms. The van der Waals surface area contributed by atoms with Gasteiger partial charge in [0.2, 0.25) is 0 Å². The van der Waals surface area contributed by atoms with Crippen LogP contribution in [0.5, 0.6) is 0 Å². The number of nitrogens with two attached hydrogens (primary N) is 1. The van der Waals surface area contributed by atoms with E-state index in [4.69, 9.17) is 15.6 Å². The van der Waals surface area contributed by atoms with Crippen molar-refractivity contribution in [1.29, 1.82) is 0 Å². The molecule has 1 aliphatic rings. The molecule has 0 spiro atoms. The van der Waals surface area contributed by atoms with Crippen molar-refractivity contribution in [2.45, 2.75) is 12.1 Å². The van der Waals surface area contributed by atoms with Gasteiger partial charge >= 0.3 is 0 Å². The summed E-state index contributed by atoms with van der Waals surface area (Å²) in [6.45, 7) is 4.34. The molecular formula is C11H13N5O2. The largest absolute Gasteiger partial charge is 0.393 e. The van der Waals surface area contributed by atoms with Gasteiger partial charge in [0.1, 0.15) is 17.9 Å². The minimum atomic E-state index is -0.327. The van der Waals surface area contributed by atoms with E-state index in [0.29, 0.717) is 23.6 Å². The monoisotopic (exact) mass is 247 g/mol. The van der Waals surface area contributed by atoms with E-state index >= 15 is 0 Å². The third kappa shape index (κ3) is 1.48. The molecule has 3 heterocycles. The number of aromatic nitrogens is 4. The number of rotatable bonds is 2. The first kappa shape index (κ1) is 11.1. The lowest BCUT2D eigenvalue weighted by atomic mass is 10.1. The molecule has 0 radical (unpaired) electrons. The second kappa shape index (κ2) is 4.04. The Morgan fingerprint density at radius 1 is 1.50 bits per heavy atom. The number of anilines is 1. The minimum Gasteiger partial charge on any atom is -0.393 e. The van der Waals surface area contributed by atoms with Gasteiger partial charge < -0.3 is 20.1 Å². The first-order valence-electron chi connectivity index (χ1n) is 5.56. The van der Waals surface area contributed by atoms with Crippen molar-refractivity contribution >= 4 is 17.0 Å². The fraction of sp³-hybridized carbons (Fsp3) is 0.364. The zero-order valence-corrected chi connectivity index (χ0v) is 9.65. The van der Waals surface area contributed by atoms with Crippen molar-refractivity contribution < 1.29 is 9.84 Å². The summed E-state index contributed by atoms with van der Waals surface area (Å²) in [5, 5.41) is 9.15. The smallest absolute Gasteiger partial charge is 0.166 e. The Balaban J connectivity index is 2.06. The van der Waals surface area contributed by atoms with Crippen molar-refractivity contribution in [1.82, 2.24) is 19.5 Å². The van der Waals surface area contributed by atoms with Crippen molar-refractivity contribution in [3.8, 4) is 0 Å². The average Bonchev–Trinajstić information content (AvgIpc) is 2.93. The SMILES string of the molecule is C=C1[C@H](CO)OC[C@@H]1n1cnc2c(N)ncnc21. The fourth-order valence-corrected chi connectivity index (χ4v) is 2.16. The standard InChI is InChI=1S/C11H13N5O2/c1-6-7(3-18-8(6)2-17)16-5-15-9-10(12)13-4-14-11(9)16/h4-5,7-8,17H,1-3H2,(H2,12,13,14)/t7-,8-/m0/s1. The van der Waals surface area contributed by atoms with Crippen molar-refractivity contribution in [3.05, 3.63) is 24.8 Å². The van der Waals surface area contributed by atoms with Gasteiger partial charge in [-0.15, -0.1) is 0 Å². The lowest BCUT2D eigenvalue weighted by molar-refractivity contribution is 0.0689. The highest BCUT2D eigenvalue weighted by atomic mass is 16.5. The Morgan fingerprint density at radius 3 is 3.06 bits per heavy atom. The molecule has 1 saturated heterocycles. The van der Waals surface area contributed by atoms with Crippen LogP contribution in [0.25, 0.3) is 11.2 Å². The second-order valence-electron chi connectivity index (χ2n) is 4.18. The van der Waals surface area contributed by atoms with E-state index in [9.17, 15) is 0 Å². The molecule has 2 aromatic rings. The molecule has 1 aliphatic heterocycles. The Labute approximate surface area is 103 Å². The highest BCUT2D eigenvalue weighted by Crippen LogP contribution is 2.31. The van der Waals surface area contributed by atoms with E-state index in [1.807, 2.05) is 4.57 Å². The van der Waals surface area contributed by atoms with Crippen LogP contribution in [0, 0.1) is 0 Å². The molecule has 3 N–H and O–H groups in total. The van der Waals surface area contributed by atoms with Crippen LogP contribution in [0.15, 0.2) is 24.8 Å². The predicted octanol–water partition coefficient (Wildman–Crippen LogP) is -0.103. The van der Waals surface area contributed by atoms with Crippen LogP contribution in [-0.4, -0.2) is 43.9 Å². The minimum absolute atomic E-state index is 0.0704. The van der Waals surface area contributed by atoms with Gasteiger partial charge in [-0.3, -0.25) is 0 Å². The summed E-state index contributed by atoms with van der Waals surface area (Å²) in [6.07, 6.45) is 2.72. The molecule has 0 saturated carbocycles. The number of ether oxygens (including phenoxy) is 1. The van der Waals surface area contributed by atoms with Crippen LogP contribution in [0.4, 0.5) is 5.82 Å². The molecular weight excluding hydrogens is 234 g/mol. The Kier molecular flexibility index (Phi) is 2.49. The average molecular weight is 247 g/mol. The van der Waals surface area contributed by atoms with Gasteiger partial charge in [0.15, 0.2) is 11.5 Å². The molecule has 0 amide bonds. The summed E-state index contributed by atoms with van der Waals surface area (Å²) in [4.78, 5) is 12.3. The molecule has 0 aliphatic carbocycles. The van der Waals surface area contributed by atoms with E-state index in [2.05, 4.69) is 21.5 Å². The summed E-state index contributed by atoms with van der Waals surface area (Å²) < 4.78 is 7.31. The Bertz CT molecular complexity index is 608. The van der Waals surface area contributed by atoms with E-state index in [-0.39, 0.29) is 18.8 Å². The Hall–Kier alpha value is -1.99. The van der Waals surface area contributed by atoms with Gasteiger partial charge in [-0.2, -0.15) is 0 Å². The first-order chi connectivity index (χ1) is 8.72. The molecule has 7 heteroatoms. The van der Waals surface area contributed by atoms with Gasteiger partial charge in [0, 0.05) is 0 Å². The van der Waals surface area contributed by atoms with E-state index in [1.165, 1.54) is 6.33 Å². The van der Waals surface area contributed by atoms with E-state index in [0.717, 1.165) is 5.57 Å². The third-order valence-corrected chi connectivity index (χ3v) is 3.19. The number of hydrogen-bond acceptors (Lipinski definition) is 6. The van der Waals surface area contributed by atoms with Gasteiger partial charge in [-0.25, -0.2) is 15.0 Å². The number of imidazole rings is 1. The molecule has 0 aromatic carbocycles. The highest BCUT2D eigenvalue weighted by Gasteiger charge is 2.31. The third-order valence-electron chi connectivity index (χ3n) is 3.19. The lowest BCUT2D eigenvalue weighted by Crippen LogP contribution is -2.15. The normalized spacial score (nSPS) is 23.9. The fourth-order valence-electron chi connectivity index (χ4n) is 2.16. The summed E-state index contributed by atoms with van der Waals surface area (Å²) >= 11 is 0. The van der Waals surface area contributed by atoms with Crippen LogP contribution in [-0.2, 0) is 4.74 Å². The quantitative estimate of drug-likeness (QED) is 0.719. The van der Waals surface area contributed by atoms with Gasteiger partial charge in [-0.1, -0.05) is 6.58 Å². The lowest BCUT2D eigenvalue weighted by Gasteiger charge is -2.13. The van der Waals surface area contributed by atoms with Crippen LogP contribution < -0.4 is 5.73 Å². The van der Waals surface area contributed by atoms with Crippen molar-refractivity contribution in [3.63, 3.8) is 0 Å².